The highest BCUT2D eigenvalue weighted by molar-refractivity contribution is 5.92. The second-order valence-electron chi connectivity index (χ2n) is 7.16. The Bertz CT molecular complexity index is 930. The number of halogens is 5. The van der Waals surface area contributed by atoms with Crippen molar-refractivity contribution in [1.82, 2.24) is 14.9 Å². The first-order valence-corrected chi connectivity index (χ1v) is 9.18. The average molecular weight is 430 g/mol. The number of phenolic OH excluding ortho intramolecular Hbond substituents is 1. The van der Waals surface area contributed by atoms with E-state index in [4.69, 9.17) is 5.73 Å². The molecule has 1 aliphatic rings. The van der Waals surface area contributed by atoms with E-state index in [0.717, 1.165) is 18.3 Å². The minimum absolute atomic E-state index is 0.0686. The molecule has 1 aromatic carbocycles. The number of piperidine rings is 1. The molecule has 0 radical (unpaired) electrons. The third kappa shape index (κ3) is 4.84. The number of aromatic nitrogens is 2. The van der Waals surface area contributed by atoms with Crippen molar-refractivity contribution in [2.75, 3.05) is 13.1 Å². The third-order valence-electron chi connectivity index (χ3n) is 5.13. The molecule has 1 aliphatic heterocycles. The maximum atomic E-state index is 13.9. The standard InChI is InChI=1S/C19H19F5N4O2/c20-12-9-13(21)16(29)8-11(12)7-14(25)10-2-5-28(6-3-10)17(30)15-1-4-26-18(27-15)19(22,23)24/h1,4,8-10,14,29H,2-3,5-7,25H2. The van der Waals surface area contributed by atoms with Crippen molar-refractivity contribution in [2.24, 2.45) is 11.7 Å². The Hall–Kier alpha value is -2.82. The highest BCUT2D eigenvalue weighted by Crippen LogP contribution is 2.28. The zero-order valence-electron chi connectivity index (χ0n) is 15.7. The number of hydrogen-bond acceptors (Lipinski definition) is 5. The number of hydrogen-bond donors (Lipinski definition) is 2. The Morgan fingerprint density at radius 3 is 2.53 bits per heavy atom. The first-order valence-electron chi connectivity index (χ1n) is 9.18. The summed E-state index contributed by atoms with van der Waals surface area (Å²) in [5.41, 5.74) is 5.89. The molecule has 1 unspecified atom stereocenters. The van der Waals surface area contributed by atoms with Crippen molar-refractivity contribution in [3.8, 4) is 5.75 Å². The summed E-state index contributed by atoms with van der Waals surface area (Å²) in [6.45, 7) is 0.499. The van der Waals surface area contributed by atoms with Gasteiger partial charge in [-0.05, 0) is 42.9 Å². The predicted molar refractivity (Wildman–Crippen MR) is 95.4 cm³/mol. The number of carbonyl (C=O) groups is 1. The van der Waals surface area contributed by atoms with E-state index >= 15 is 0 Å². The minimum atomic E-state index is -4.75. The monoisotopic (exact) mass is 430 g/mol. The summed E-state index contributed by atoms with van der Waals surface area (Å²) >= 11 is 0. The van der Waals surface area contributed by atoms with Crippen LogP contribution in [0.2, 0.25) is 0 Å². The molecule has 11 heteroatoms. The highest BCUT2D eigenvalue weighted by atomic mass is 19.4. The molecular formula is C19H19F5N4O2. The summed E-state index contributed by atoms with van der Waals surface area (Å²) in [4.78, 5) is 20.3. The van der Waals surface area contributed by atoms with Gasteiger partial charge in [0.1, 0.15) is 11.5 Å². The lowest BCUT2D eigenvalue weighted by atomic mass is 9.86. The van der Waals surface area contributed by atoms with Gasteiger partial charge in [0, 0.05) is 31.4 Å². The fourth-order valence-corrected chi connectivity index (χ4v) is 3.46. The molecule has 1 amide bonds. The summed E-state index contributed by atoms with van der Waals surface area (Å²) < 4.78 is 65.3. The van der Waals surface area contributed by atoms with Crippen molar-refractivity contribution in [3.63, 3.8) is 0 Å². The van der Waals surface area contributed by atoms with Crippen LogP contribution in [0.5, 0.6) is 5.75 Å². The Kier molecular flexibility index (Phi) is 6.20. The van der Waals surface area contributed by atoms with Gasteiger partial charge in [-0.2, -0.15) is 13.2 Å². The van der Waals surface area contributed by atoms with E-state index < -0.39 is 41.3 Å². The molecule has 1 aromatic heterocycles. The summed E-state index contributed by atoms with van der Waals surface area (Å²) in [5, 5.41) is 9.41. The number of amides is 1. The number of carbonyl (C=O) groups excluding carboxylic acids is 1. The molecule has 6 nitrogen and oxygen atoms in total. The summed E-state index contributed by atoms with van der Waals surface area (Å²) in [7, 11) is 0. The van der Waals surface area contributed by atoms with E-state index in [1.807, 2.05) is 0 Å². The Morgan fingerprint density at radius 1 is 1.23 bits per heavy atom. The summed E-state index contributed by atoms with van der Waals surface area (Å²) in [6, 6.07) is 2.21. The number of alkyl halides is 3. The summed E-state index contributed by atoms with van der Waals surface area (Å²) in [6.07, 6.45) is -2.88. The van der Waals surface area contributed by atoms with Crippen LogP contribution in [0.1, 0.15) is 34.7 Å². The van der Waals surface area contributed by atoms with Gasteiger partial charge in [-0.25, -0.2) is 18.7 Å². The Balaban J connectivity index is 1.61. The van der Waals surface area contributed by atoms with Gasteiger partial charge < -0.3 is 15.7 Å². The van der Waals surface area contributed by atoms with Gasteiger partial charge >= 0.3 is 6.18 Å². The van der Waals surface area contributed by atoms with Gasteiger partial charge in [-0.15, -0.1) is 0 Å². The second-order valence-corrected chi connectivity index (χ2v) is 7.16. The zero-order valence-corrected chi connectivity index (χ0v) is 15.7. The predicted octanol–water partition coefficient (Wildman–Crippen LogP) is 2.90. The van der Waals surface area contributed by atoms with E-state index in [1.54, 1.807) is 0 Å². The molecule has 0 aliphatic carbocycles. The van der Waals surface area contributed by atoms with Gasteiger partial charge in [-0.1, -0.05) is 0 Å². The van der Waals surface area contributed by atoms with Crippen LogP contribution in [0.4, 0.5) is 22.0 Å². The van der Waals surface area contributed by atoms with Crippen LogP contribution >= 0.6 is 0 Å². The molecule has 2 heterocycles. The highest BCUT2D eigenvalue weighted by Gasteiger charge is 2.36. The van der Waals surface area contributed by atoms with Gasteiger partial charge in [0.2, 0.25) is 5.82 Å². The second kappa shape index (κ2) is 8.50. The number of aromatic hydroxyl groups is 1. The third-order valence-corrected chi connectivity index (χ3v) is 5.13. The first kappa shape index (κ1) is 21.9. The van der Waals surface area contributed by atoms with Gasteiger partial charge in [-0.3, -0.25) is 4.79 Å². The normalized spacial score (nSPS) is 16.5. The first-order chi connectivity index (χ1) is 14.1. The maximum absolute atomic E-state index is 13.9. The van der Waals surface area contributed by atoms with Crippen LogP contribution in [0, 0.1) is 17.6 Å². The molecule has 1 fully saturated rings. The van der Waals surface area contributed by atoms with Crippen LogP contribution in [-0.2, 0) is 12.6 Å². The largest absolute Gasteiger partial charge is 0.505 e. The number of nitrogens with zero attached hydrogens (tertiary/aromatic N) is 3. The van der Waals surface area contributed by atoms with Crippen LogP contribution in [0.3, 0.4) is 0 Å². The van der Waals surface area contributed by atoms with Crippen LogP contribution < -0.4 is 5.73 Å². The fraction of sp³-hybridized carbons (Fsp3) is 0.421. The van der Waals surface area contributed by atoms with Crippen LogP contribution in [0.25, 0.3) is 0 Å². The number of phenols is 1. The minimum Gasteiger partial charge on any atom is -0.505 e. The molecule has 0 bridgehead atoms. The van der Waals surface area contributed by atoms with Gasteiger partial charge in [0.25, 0.3) is 5.91 Å². The Morgan fingerprint density at radius 2 is 1.90 bits per heavy atom. The summed E-state index contributed by atoms with van der Waals surface area (Å²) in [5.74, 6) is -4.63. The quantitative estimate of drug-likeness (QED) is 0.728. The van der Waals surface area contributed by atoms with E-state index in [0.29, 0.717) is 18.9 Å². The Labute approximate surface area is 168 Å². The molecule has 3 N–H and O–H groups in total. The number of rotatable bonds is 4. The smallest absolute Gasteiger partial charge is 0.451 e. The van der Waals surface area contributed by atoms with Gasteiger partial charge in [0.05, 0.1) is 0 Å². The van der Waals surface area contributed by atoms with Crippen molar-refractivity contribution >= 4 is 5.91 Å². The average Bonchev–Trinajstić information content (AvgIpc) is 2.71. The van der Waals surface area contributed by atoms with Crippen LogP contribution in [-0.4, -0.2) is 45.0 Å². The fourth-order valence-electron chi connectivity index (χ4n) is 3.46. The lowest BCUT2D eigenvalue weighted by Gasteiger charge is -2.34. The number of nitrogens with two attached hydrogens (primary N) is 1. The molecule has 2 aromatic rings. The van der Waals surface area contributed by atoms with Crippen molar-refractivity contribution in [1.29, 1.82) is 0 Å². The lowest BCUT2D eigenvalue weighted by Crippen LogP contribution is -2.44. The number of likely N-dealkylation sites (tertiary alicyclic amines) is 1. The maximum Gasteiger partial charge on any atom is 0.451 e. The van der Waals surface area contributed by atoms with Crippen molar-refractivity contribution in [2.45, 2.75) is 31.5 Å². The molecule has 1 atom stereocenters. The van der Waals surface area contributed by atoms with E-state index in [2.05, 4.69) is 9.97 Å². The number of benzene rings is 1. The van der Waals surface area contributed by atoms with E-state index in [9.17, 15) is 31.9 Å². The van der Waals surface area contributed by atoms with Crippen molar-refractivity contribution < 1.29 is 31.9 Å². The van der Waals surface area contributed by atoms with E-state index in [-0.39, 0.29) is 36.7 Å². The molecule has 162 valence electrons. The van der Waals surface area contributed by atoms with Crippen molar-refractivity contribution in [3.05, 3.63) is 53.1 Å². The molecule has 0 saturated carbocycles. The van der Waals surface area contributed by atoms with Gasteiger partial charge in [0.15, 0.2) is 11.6 Å². The van der Waals surface area contributed by atoms with Crippen LogP contribution in [0.15, 0.2) is 24.4 Å². The van der Waals surface area contributed by atoms with E-state index in [1.165, 1.54) is 4.90 Å². The molecule has 3 rings (SSSR count). The molecule has 30 heavy (non-hydrogen) atoms. The SMILES string of the molecule is NC(Cc1cc(O)c(F)cc1F)C1CCN(C(=O)c2ccnc(C(F)(F)F)n2)CC1. The molecule has 0 spiro atoms. The lowest BCUT2D eigenvalue weighted by molar-refractivity contribution is -0.145. The topological polar surface area (TPSA) is 92.3 Å². The zero-order chi connectivity index (χ0) is 22.1. The molecule has 1 saturated heterocycles. The molecular weight excluding hydrogens is 411 g/mol.